The lowest BCUT2D eigenvalue weighted by molar-refractivity contribution is -0.130. The number of halogens is 2. The lowest BCUT2D eigenvalue weighted by Gasteiger charge is -2.26. The molecule has 8 nitrogen and oxygen atoms in total. The summed E-state index contributed by atoms with van der Waals surface area (Å²) >= 11 is 5.98. The van der Waals surface area contributed by atoms with E-state index in [1.54, 1.807) is 29.4 Å². The molecule has 1 saturated heterocycles. The minimum atomic E-state index is -3.05. The number of hydrogen-bond acceptors (Lipinski definition) is 7. The molecule has 1 amide bonds. The van der Waals surface area contributed by atoms with Crippen LogP contribution in [0.15, 0.2) is 60.9 Å². The van der Waals surface area contributed by atoms with Crippen LogP contribution in [0.4, 0.5) is 15.9 Å². The predicted octanol–water partition coefficient (Wildman–Crippen LogP) is 4.42. The van der Waals surface area contributed by atoms with Crippen molar-refractivity contribution in [3.05, 3.63) is 77.3 Å². The Morgan fingerprint density at radius 3 is 2.62 bits per heavy atom. The zero-order valence-corrected chi connectivity index (χ0v) is 21.3. The molecule has 0 aliphatic carbocycles. The van der Waals surface area contributed by atoms with Gasteiger partial charge in [0.05, 0.1) is 22.0 Å². The normalized spacial score (nSPS) is 15.0. The summed E-state index contributed by atoms with van der Waals surface area (Å²) in [6.45, 7) is 0.469. The number of benzene rings is 2. The van der Waals surface area contributed by atoms with Gasteiger partial charge in [0.15, 0.2) is 15.7 Å². The number of fused-ring (bicyclic) bond motifs is 1. The van der Waals surface area contributed by atoms with Crippen molar-refractivity contribution in [2.45, 2.75) is 12.8 Å². The molecule has 3 heterocycles. The molecule has 0 atom stereocenters. The number of amides is 1. The van der Waals surface area contributed by atoms with Gasteiger partial charge in [-0.25, -0.2) is 22.8 Å². The summed E-state index contributed by atoms with van der Waals surface area (Å²) in [5, 5.41) is 3.93. The molecule has 1 aliphatic rings. The number of aryl methyl sites for hydroxylation is 1. The molecule has 4 aromatic rings. The van der Waals surface area contributed by atoms with Crippen LogP contribution in [0.25, 0.3) is 22.3 Å². The summed E-state index contributed by atoms with van der Waals surface area (Å²) in [5.74, 6) is 0.397. The highest BCUT2D eigenvalue weighted by molar-refractivity contribution is 7.91. The van der Waals surface area contributed by atoms with Gasteiger partial charge >= 0.3 is 0 Å². The minimum absolute atomic E-state index is 0.00769. The van der Waals surface area contributed by atoms with E-state index in [4.69, 9.17) is 21.6 Å². The summed E-state index contributed by atoms with van der Waals surface area (Å²) in [4.78, 5) is 27.8. The van der Waals surface area contributed by atoms with Crippen molar-refractivity contribution in [2.24, 2.45) is 0 Å². The molecule has 2 aromatic carbocycles. The van der Waals surface area contributed by atoms with Crippen LogP contribution in [0.1, 0.15) is 12.0 Å². The van der Waals surface area contributed by atoms with E-state index in [0.29, 0.717) is 29.3 Å². The molecule has 0 bridgehead atoms. The fourth-order valence-corrected chi connectivity index (χ4v) is 5.51. The Labute approximate surface area is 218 Å². The number of carbonyl (C=O) groups excluding carboxylic acids is 1. The third kappa shape index (κ3) is 5.86. The van der Waals surface area contributed by atoms with Gasteiger partial charge in [-0.2, -0.15) is 0 Å². The Balaban J connectivity index is 1.44. The Kier molecular flexibility index (Phi) is 7.03. The summed E-state index contributed by atoms with van der Waals surface area (Å²) in [5.41, 5.74) is 2.89. The molecular formula is C26H23ClFN5O3S. The highest BCUT2D eigenvalue weighted by Crippen LogP contribution is 2.30. The van der Waals surface area contributed by atoms with Gasteiger partial charge in [0.25, 0.3) is 0 Å². The number of rotatable bonds is 6. The summed E-state index contributed by atoms with van der Waals surface area (Å²) in [7, 11) is -3.05. The maximum Gasteiger partial charge on any atom is 0.222 e. The SMILES string of the molecule is O=C(CCc1ccc2nc(-c3cccnc3)nc(Nc3ccc(F)c(Cl)c3)c2c1)N1CCS(=O)(=O)CC1. The third-order valence-corrected chi connectivity index (χ3v) is 8.09. The minimum Gasteiger partial charge on any atom is -0.341 e. The number of carbonyl (C=O) groups is 1. The van der Waals surface area contributed by atoms with Crippen molar-refractivity contribution in [3.8, 4) is 11.4 Å². The first kappa shape index (κ1) is 25.0. The molecule has 37 heavy (non-hydrogen) atoms. The predicted molar refractivity (Wildman–Crippen MR) is 141 cm³/mol. The molecule has 0 radical (unpaired) electrons. The van der Waals surface area contributed by atoms with Crippen LogP contribution in [-0.2, 0) is 21.1 Å². The van der Waals surface area contributed by atoms with Crippen molar-refractivity contribution in [1.82, 2.24) is 19.9 Å². The van der Waals surface area contributed by atoms with E-state index in [1.807, 2.05) is 24.3 Å². The van der Waals surface area contributed by atoms with Gasteiger partial charge in [0, 0.05) is 48.5 Å². The first-order valence-electron chi connectivity index (χ1n) is 11.7. The molecule has 1 fully saturated rings. The molecule has 1 aliphatic heterocycles. The van der Waals surface area contributed by atoms with Crippen molar-refractivity contribution in [1.29, 1.82) is 0 Å². The molecule has 0 saturated carbocycles. The molecule has 2 aromatic heterocycles. The van der Waals surface area contributed by atoms with Crippen LogP contribution in [0, 0.1) is 5.82 Å². The van der Waals surface area contributed by atoms with E-state index in [-0.39, 0.29) is 41.9 Å². The van der Waals surface area contributed by atoms with Crippen LogP contribution < -0.4 is 5.32 Å². The first-order chi connectivity index (χ1) is 17.8. The van der Waals surface area contributed by atoms with E-state index in [9.17, 15) is 17.6 Å². The maximum absolute atomic E-state index is 13.7. The number of pyridine rings is 1. The zero-order valence-electron chi connectivity index (χ0n) is 19.7. The van der Waals surface area contributed by atoms with E-state index in [0.717, 1.165) is 16.5 Å². The standard InChI is InChI=1S/C26H23ClFN5O3S/c27-21-15-19(5-6-22(21)28)30-26-20-14-17(4-8-24(34)33-10-12-37(35,36)13-11-33)3-7-23(20)31-25(32-26)18-2-1-9-29-16-18/h1-3,5-7,9,14-16H,4,8,10-13H2,(H,30,31,32). The van der Waals surface area contributed by atoms with Gasteiger partial charge in [0.1, 0.15) is 11.6 Å². The lowest BCUT2D eigenvalue weighted by atomic mass is 10.1. The van der Waals surface area contributed by atoms with Crippen molar-refractivity contribution in [2.75, 3.05) is 29.9 Å². The Morgan fingerprint density at radius 1 is 1.08 bits per heavy atom. The molecule has 190 valence electrons. The third-order valence-electron chi connectivity index (χ3n) is 6.19. The summed E-state index contributed by atoms with van der Waals surface area (Å²) in [6, 6.07) is 13.7. The Hall–Kier alpha value is -3.63. The van der Waals surface area contributed by atoms with Crippen LogP contribution in [0.2, 0.25) is 5.02 Å². The number of sulfone groups is 1. The van der Waals surface area contributed by atoms with E-state index in [1.165, 1.54) is 12.1 Å². The van der Waals surface area contributed by atoms with E-state index in [2.05, 4.69) is 10.3 Å². The number of aromatic nitrogens is 3. The Bertz CT molecular complexity index is 1570. The number of anilines is 2. The molecule has 11 heteroatoms. The maximum atomic E-state index is 13.7. The number of nitrogens with zero attached hydrogens (tertiary/aromatic N) is 4. The van der Waals surface area contributed by atoms with Gasteiger partial charge in [-0.15, -0.1) is 0 Å². The second kappa shape index (κ2) is 10.4. The van der Waals surface area contributed by atoms with Gasteiger partial charge in [-0.05, 0) is 54.4 Å². The number of hydrogen-bond donors (Lipinski definition) is 1. The summed E-state index contributed by atoms with van der Waals surface area (Å²) in [6.07, 6.45) is 4.08. The molecular weight excluding hydrogens is 517 g/mol. The van der Waals surface area contributed by atoms with E-state index < -0.39 is 15.7 Å². The molecule has 5 rings (SSSR count). The summed E-state index contributed by atoms with van der Waals surface area (Å²) < 4.78 is 37.0. The van der Waals surface area contributed by atoms with Crippen molar-refractivity contribution in [3.63, 3.8) is 0 Å². The monoisotopic (exact) mass is 539 g/mol. The second-order valence-electron chi connectivity index (χ2n) is 8.78. The first-order valence-corrected chi connectivity index (χ1v) is 13.9. The van der Waals surface area contributed by atoms with E-state index >= 15 is 0 Å². The van der Waals surface area contributed by atoms with Crippen LogP contribution in [0.3, 0.4) is 0 Å². The number of nitrogens with one attached hydrogen (secondary N) is 1. The topological polar surface area (TPSA) is 105 Å². The van der Waals surface area contributed by atoms with Crippen molar-refractivity contribution >= 4 is 49.8 Å². The average Bonchev–Trinajstić information content (AvgIpc) is 2.90. The molecule has 0 spiro atoms. The largest absolute Gasteiger partial charge is 0.341 e. The second-order valence-corrected chi connectivity index (χ2v) is 11.5. The smallest absolute Gasteiger partial charge is 0.222 e. The van der Waals surface area contributed by atoms with Crippen LogP contribution in [0.5, 0.6) is 0 Å². The van der Waals surface area contributed by atoms with Crippen molar-refractivity contribution < 1.29 is 17.6 Å². The van der Waals surface area contributed by atoms with Gasteiger partial charge in [-0.1, -0.05) is 17.7 Å². The average molecular weight is 540 g/mol. The fourth-order valence-electron chi connectivity index (χ4n) is 4.13. The zero-order chi connectivity index (χ0) is 26.0. The van der Waals surface area contributed by atoms with Crippen LogP contribution >= 0.6 is 11.6 Å². The molecule has 1 N–H and O–H groups in total. The lowest BCUT2D eigenvalue weighted by Crippen LogP contribution is -2.43. The highest BCUT2D eigenvalue weighted by atomic mass is 35.5. The quantitative estimate of drug-likeness (QED) is 0.387. The Morgan fingerprint density at radius 2 is 1.89 bits per heavy atom. The molecule has 0 unspecified atom stereocenters. The van der Waals surface area contributed by atoms with Gasteiger partial charge in [-0.3, -0.25) is 9.78 Å². The highest BCUT2D eigenvalue weighted by Gasteiger charge is 2.24. The fraction of sp³-hybridized carbons (Fsp3) is 0.231. The van der Waals surface area contributed by atoms with Gasteiger partial charge in [0.2, 0.25) is 5.91 Å². The van der Waals surface area contributed by atoms with Gasteiger partial charge < -0.3 is 10.2 Å². The van der Waals surface area contributed by atoms with Crippen LogP contribution in [-0.4, -0.2) is 58.8 Å².